The second-order valence-electron chi connectivity index (χ2n) is 5.08. The molecule has 0 atom stereocenters. The number of ether oxygens (including phenoxy) is 2. The van der Waals surface area contributed by atoms with Gasteiger partial charge in [0.25, 0.3) is 0 Å². The van der Waals surface area contributed by atoms with Gasteiger partial charge in [0.05, 0.1) is 19.8 Å². The maximum Gasteiger partial charge on any atom is 0.0725 e. The minimum atomic E-state index is 0.769. The zero-order valence-electron chi connectivity index (χ0n) is 11.9. The average Bonchev–Trinajstić information content (AvgIpc) is 2.86. The van der Waals surface area contributed by atoms with Crippen LogP contribution in [0.15, 0.2) is 18.2 Å². The van der Waals surface area contributed by atoms with Gasteiger partial charge >= 0.3 is 0 Å². The molecule has 19 heavy (non-hydrogen) atoms. The number of methoxy groups -OCH3 is 1. The van der Waals surface area contributed by atoms with Gasteiger partial charge in [-0.1, -0.05) is 18.2 Å². The Bertz CT molecular complexity index is 396. The van der Waals surface area contributed by atoms with Crippen molar-refractivity contribution in [3.8, 4) is 0 Å². The lowest BCUT2D eigenvalue weighted by molar-refractivity contribution is 0.134. The van der Waals surface area contributed by atoms with Gasteiger partial charge in [-0.25, -0.2) is 0 Å². The first-order chi connectivity index (χ1) is 9.29. The van der Waals surface area contributed by atoms with Crippen LogP contribution in [0.4, 0.5) is 0 Å². The summed E-state index contributed by atoms with van der Waals surface area (Å²) in [5.41, 5.74) is 4.06. The summed E-state index contributed by atoms with van der Waals surface area (Å²) in [6.07, 6.45) is 0. The third-order valence-electron chi connectivity index (χ3n) is 3.39. The van der Waals surface area contributed by atoms with E-state index >= 15 is 0 Å². The number of nitrogens with one attached hydrogen (secondary N) is 1. The summed E-state index contributed by atoms with van der Waals surface area (Å²) in [7, 11) is 3.88. The summed E-state index contributed by atoms with van der Waals surface area (Å²) in [6, 6.07) is 6.68. The van der Waals surface area contributed by atoms with Crippen molar-refractivity contribution in [3.05, 3.63) is 34.9 Å². The molecule has 0 amide bonds. The van der Waals surface area contributed by atoms with E-state index in [2.05, 4.69) is 35.5 Å². The third kappa shape index (κ3) is 4.58. The van der Waals surface area contributed by atoms with E-state index in [-0.39, 0.29) is 0 Å². The van der Waals surface area contributed by atoms with Crippen molar-refractivity contribution in [1.82, 2.24) is 10.2 Å². The molecule has 1 aliphatic heterocycles. The molecule has 1 heterocycles. The van der Waals surface area contributed by atoms with Crippen molar-refractivity contribution >= 4 is 0 Å². The van der Waals surface area contributed by atoms with Crippen LogP contribution in [0.5, 0.6) is 0 Å². The molecule has 0 fully saturated rings. The molecule has 0 radical (unpaired) electrons. The highest BCUT2D eigenvalue weighted by Crippen LogP contribution is 2.21. The quantitative estimate of drug-likeness (QED) is 0.719. The van der Waals surface area contributed by atoms with Crippen LogP contribution in [0.3, 0.4) is 0 Å². The fourth-order valence-electron chi connectivity index (χ4n) is 2.28. The Hall–Kier alpha value is -0.940. The predicted molar refractivity (Wildman–Crippen MR) is 76.0 cm³/mol. The maximum absolute atomic E-state index is 5.44. The lowest BCUT2D eigenvalue weighted by Crippen LogP contribution is -2.30. The molecular weight excluding hydrogens is 240 g/mol. The lowest BCUT2D eigenvalue weighted by atomic mass is 10.1. The second-order valence-corrected chi connectivity index (χ2v) is 5.08. The monoisotopic (exact) mass is 264 g/mol. The van der Waals surface area contributed by atoms with Crippen LogP contribution in [0.25, 0.3) is 0 Å². The van der Waals surface area contributed by atoms with E-state index in [1.54, 1.807) is 7.11 Å². The van der Waals surface area contributed by atoms with E-state index in [4.69, 9.17) is 9.47 Å². The summed E-state index contributed by atoms with van der Waals surface area (Å²) in [5.74, 6) is 0. The number of hydrogen-bond acceptors (Lipinski definition) is 4. The van der Waals surface area contributed by atoms with Crippen molar-refractivity contribution in [2.75, 3.05) is 40.4 Å². The van der Waals surface area contributed by atoms with E-state index in [0.29, 0.717) is 0 Å². The number of rotatable bonds is 8. The highest BCUT2D eigenvalue weighted by molar-refractivity contribution is 5.33. The Morgan fingerprint density at radius 1 is 1.26 bits per heavy atom. The Morgan fingerprint density at radius 2 is 2.11 bits per heavy atom. The largest absolute Gasteiger partial charge is 0.383 e. The SMILES string of the molecule is COCCNCCN(C)Cc1ccc2c(c1)COC2. The molecule has 0 spiro atoms. The van der Waals surface area contributed by atoms with Gasteiger partial charge in [-0.05, 0) is 23.7 Å². The second kappa shape index (κ2) is 7.60. The molecule has 4 heteroatoms. The molecule has 0 aromatic heterocycles. The molecule has 0 aliphatic carbocycles. The van der Waals surface area contributed by atoms with Crippen molar-refractivity contribution < 1.29 is 9.47 Å². The third-order valence-corrected chi connectivity index (χ3v) is 3.39. The van der Waals surface area contributed by atoms with Crippen LogP contribution in [0.1, 0.15) is 16.7 Å². The summed E-state index contributed by atoms with van der Waals surface area (Å²) in [4.78, 5) is 2.33. The maximum atomic E-state index is 5.44. The van der Waals surface area contributed by atoms with Crippen molar-refractivity contribution in [2.45, 2.75) is 19.8 Å². The number of benzene rings is 1. The van der Waals surface area contributed by atoms with Crippen molar-refractivity contribution in [3.63, 3.8) is 0 Å². The highest BCUT2D eigenvalue weighted by atomic mass is 16.5. The Balaban J connectivity index is 1.71. The molecule has 106 valence electrons. The van der Waals surface area contributed by atoms with Crippen LogP contribution in [-0.2, 0) is 29.2 Å². The fourth-order valence-corrected chi connectivity index (χ4v) is 2.28. The van der Waals surface area contributed by atoms with Gasteiger partial charge in [-0.3, -0.25) is 0 Å². The van der Waals surface area contributed by atoms with Gasteiger partial charge in [0.2, 0.25) is 0 Å². The van der Waals surface area contributed by atoms with E-state index in [0.717, 1.165) is 46.0 Å². The van der Waals surface area contributed by atoms with Crippen LogP contribution in [0.2, 0.25) is 0 Å². The van der Waals surface area contributed by atoms with Gasteiger partial charge in [0.1, 0.15) is 0 Å². The molecule has 0 saturated heterocycles. The van der Waals surface area contributed by atoms with Crippen LogP contribution in [0, 0.1) is 0 Å². The zero-order chi connectivity index (χ0) is 13.5. The molecule has 1 aromatic carbocycles. The smallest absolute Gasteiger partial charge is 0.0725 e. The van der Waals surface area contributed by atoms with Crippen LogP contribution < -0.4 is 5.32 Å². The molecular formula is C15H24N2O2. The van der Waals surface area contributed by atoms with Gasteiger partial charge in [-0.15, -0.1) is 0 Å². The molecule has 2 rings (SSSR count). The number of nitrogens with zero attached hydrogens (tertiary/aromatic N) is 1. The fraction of sp³-hybridized carbons (Fsp3) is 0.600. The summed E-state index contributed by atoms with van der Waals surface area (Å²) < 4.78 is 10.4. The van der Waals surface area contributed by atoms with Gasteiger partial charge in [-0.2, -0.15) is 0 Å². The van der Waals surface area contributed by atoms with E-state index in [9.17, 15) is 0 Å². The number of fused-ring (bicyclic) bond motifs is 1. The molecule has 1 N–H and O–H groups in total. The average molecular weight is 264 g/mol. The van der Waals surface area contributed by atoms with Gasteiger partial charge in [0.15, 0.2) is 0 Å². The first-order valence-corrected chi connectivity index (χ1v) is 6.86. The number of likely N-dealkylation sites (N-methyl/N-ethyl adjacent to an activating group) is 1. The predicted octanol–water partition coefficient (Wildman–Crippen LogP) is 1.38. The minimum Gasteiger partial charge on any atom is -0.383 e. The molecule has 4 nitrogen and oxygen atoms in total. The standard InChI is InChI=1S/C15H24N2O2/c1-17(7-5-16-6-8-18-2)10-13-3-4-14-11-19-12-15(14)9-13/h3-4,9,16H,5-8,10-12H2,1-2H3. The minimum absolute atomic E-state index is 0.769. The van der Waals surface area contributed by atoms with Crippen molar-refractivity contribution in [1.29, 1.82) is 0 Å². The zero-order valence-corrected chi connectivity index (χ0v) is 11.9. The van der Waals surface area contributed by atoms with Gasteiger partial charge in [0, 0.05) is 33.3 Å². The first kappa shape index (κ1) is 14.5. The lowest BCUT2D eigenvalue weighted by Gasteiger charge is -2.17. The normalized spacial score (nSPS) is 14.1. The van der Waals surface area contributed by atoms with Crippen molar-refractivity contribution in [2.24, 2.45) is 0 Å². The molecule has 0 bridgehead atoms. The molecule has 1 aliphatic rings. The Morgan fingerprint density at radius 3 is 2.95 bits per heavy atom. The molecule has 0 saturated carbocycles. The van der Waals surface area contributed by atoms with Gasteiger partial charge < -0.3 is 19.7 Å². The topological polar surface area (TPSA) is 33.7 Å². The van der Waals surface area contributed by atoms with Crippen LogP contribution >= 0.6 is 0 Å². The van der Waals surface area contributed by atoms with Crippen LogP contribution in [-0.4, -0.2) is 45.3 Å². The first-order valence-electron chi connectivity index (χ1n) is 6.86. The van der Waals surface area contributed by atoms with E-state index in [1.807, 2.05) is 0 Å². The molecule has 1 aromatic rings. The van der Waals surface area contributed by atoms with E-state index in [1.165, 1.54) is 16.7 Å². The Labute approximate surface area is 115 Å². The number of hydrogen-bond donors (Lipinski definition) is 1. The van der Waals surface area contributed by atoms with E-state index < -0.39 is 0 Å². The molecule has 0 unspecified atom stereocenters. The summed E-state index contributed by atoms with van der Waals surface area (Å²) in [5, 5.41) is 3.36. The summed E-state index contributed by atoms with van der Waals surface area (Å²) in [6.45, 7) is 6.25. The highest BCUT2D eigenvalue weighted by Gasteiger charge is 2.11. The Kier molecular flexibility index (Phi) is 5.79. The summed E-state index contributed by atoms with van der Waals surface area (Å²) >= 11 is 0.